The summed E-state index contributed by atoms with van der Waals surface area (Å²) in [5.41, 5.74) is 3.53. The van der Waals surface area contributed by atoms with E-state index < -0.39 is 0 Å². The van der Waals surface area contributed by atoms with Gasteiger partial charge in [0, 0.05) is 31.2 Å². The van der Waals surface area contributed by atoms with Crippen LogP contribution in [-0.4, -0.2) is 27.2 Å². The van der Waals surface area contributed by atoms with Gasteiger partial charge >= 0.3 is 0 Å². The van der Waals surface area contributed by atoms with Gasteiger partial charge in [-0.25, -0.2) is 0 Å². The molecule has 0 saturated carbocycles. The molecule has 2 rings (SSSR count). The van der Waals surface area contributed by atoms with Crippen molar-refractivity contribution in [2.45, 2.75) is 13.8 Å². The lowest BCUT2D eigenvalue weighted by molar-refractivity contribution is 0.0514. The first-order valence-corrected chi connectivity index (χ1v) is 8.17. The minimum Gasteiger partial charge on any atom is -0.467 e. The van der Waals surface area contributed by atoms with E-state index in [2.05, 4.69) is 55.2 Å². The minimum absolute atomic E-state index is 0.263. The van der Waals surface area contributed by atoms with Crippen LogP contribution in [0.3, 0.4) is 0 Å². The highest BCUT2D eigenvalue weighted by Crippen LogP contribution is 2.24. The van der Waals surface area contributed by atoms with Crippen molar-refractivity contribution in [3.05, 3.63) is 53.1 Å². The Morgan fingerprint density at radius 2 is 1.95 bits per heavy atom. The van der Waals surface area contributed by atoms with Gasteiger partial charge in [-0.05, 0) is 30.8 Å². The van der Waals surface area contributed by atoms with Crippen LogP contribution in [0.4, 0.5) is 0 Å². The minimum atomic E-state index is 0.263. The van der Waals surface area contributed by atoms with Gasteiger partial charge in [-0.1, -0.05) is 44.5 Å². The van der Waals surface area contributed by atoms with Crippen molar-refractivity contribution in [1.82, 2.24) is 0 Å². The van der Waals surface area contributed by atoms with Crippen LogP contribution in [0.5, 0.6) is 5.75 Å². The second kappa shape index (κ2) is 8.07. The molecule has 3 nitrogen and oxygen atoms in total. The zero-order chi connectivity index (χ0) is 15.9. The van der Waals surface area contributed by atoms with Gasteiger partial charge in [-0.15, -0.1) is 0 Å². The molecule has 1 unspecified atom stereocenters. The van der Waals surface area contributed by atoms with Gasteiger partial charge in [-0.2, -0.15) is 0 Å². The van der Waals surface area contributed by atoms with Crippen molar-refractivity contribution in [2.75, 3.05) is 21.0 Å². The lowest BCUT2D eigenvalue weighted by Crippen LogP contribution is -2.14. The molecule has 116 valence electrons. The summed E-state index contributed by atoms with van der Waals surface area (Å²) in [4.78, 5) is 4.17. The molecule has 1 atom stereocenters. The van der Waals surface area contributed by atoms with Crippen molar-refractivity contribution >= 4 is 25.4 Å². The maximum Gasteiger partial charge on any atom is 0.188 e. The smallest absolute Gasteiger partial charge is 0.188 e. The Hall–Kier alpha value is -1.70. The van der Waals surface area contributed by atoms with Gasteiger partial charge in [0.25, 0.3) is 0 Å². The van der Waals surface area contributed by atoms with E-state index >= 15 is 0 Å². The molecule has 0 aliphatic rings. The van der Waals surface area contributed by atoms with E-state index in [9.17, 15) is 0 Å². The molecule has 0 amide bonds. The van der Waals surface area contributed by atoms with Crippen molar-refractivity contribution in [3.8, 4) is 5.75 Å². The SMILES string of the molecule is CN=Cc1cc(C)ccc1Pc1cccc(C)c1OCOC. The first-order valence-electron chi connectivity index (χ1n) is 7.17. The number of methoxy groups -OCH3 is 1. The average molecular weight is 315 g/mol. The van der Waals surface area contributed by atoms with Gasteiger partial charge in [0.15, 0.2) is 6.79 Å². The van der Waals surface area contributed by atoms with Crippen LogP contribution in [0, 0.1) is 13.8 Å². The molecule has 0 aromatic heterocycles. The average Bonchev–Trinajstić information content (AvgIpc) is 2.50. The molecule has 22 heavy (non-hydrogen) atoms. The largest absolute Gasteiger partial charge is 0.467 e. The summed E-state index contributed by atoms with van der Waals surface area (Å²) in [5, 5.41) is 2.45. The second-order valence-corrected chi connectivity index (χ2v) is 6.43. The fraction of sp³-hybridized carbons (Fsp3) is 0.278. The van der Waals surface area contributed by atoms with Crippen LogP contribution in [0.15, 0.2) is 41.4 Å². The summed E-state index contributed by atoms with van der Waals surface area (Å²) in [6.07, 6.45) is 1.92. The van der Waals surface area contributed by atoms with Crippen LogP contribution in [0.1, 0.15) is 16.7 Å². The van der Waals surface area contributed by atoms with Crippen molar-refractivity contribution in [3.63, 3.8) is 0 Å². The third-order valence-electron chi connectivity index (χ3n) is 3.28. The summed E-state index contributed by atoms with van der Waals surface area (Å²) >= 11 is 0. The molecule has 0 fully saturated rings. The highest BCUT2D eigenvalue weighted by Gasteiger charge is 2.10. The van der Waals surface area contributed by atoms with E-state index in [4.69, 9.17) is 9.47 Å². The molecule has 0 saturated heterocycles. The molecule has 0 heterocycles. The summed E-state index contributed by atoms with van der Waals surface area (Å²) in [6.45, 7) is 4.42. The Kier molecular flexibility index (Phi) is 6.11. The topological polar surface area (TPSA) is 30.8 Å². The number of hydrogen-bond donors (Lipinski definition) is 0. The van der Waals surface area contributed by atoms with E-state index in [1.807, 2.05) is 6.21 Å². The predicted molar refractivity (Wildman–Crippen MR) is 96.0 cm³/mol. The van der Waals surface area contributed by atoms with E-state index in [0.717, 1.165) is 11.3 Å². The predicted octanol–water partition coefficient (Wildman–Crippen LogP) is 2.96. The quantitative estimate of drug-likeness (QED) is 0.466. The fourth-order valence-electron chi connectivity index (χ4n) is 2.25. The number of ether oxygens (including phenoxy) is 2. The van der Waals surface area contributed by atoms with E-state index in [1.54, 1.807) is 14.2 Å². The second-order valence-electron chi connectivity index (χ2n) is 5.11. The highest BCUT2D eigenvalue weighted by atomic mass is 31.1. The standard InChI is InChI=1S/C18H22NO2P/c1-13-8-9-16(15(10-13)11-19-3)22-17-7-5-6-14(2)18(17)21-12-20-4/h5-11,22H,12H2,1-4H3. The van der Waals surface area contributed by atoms with Crippen LogP contribution in [0.25, 0.3) is 0 Å². The van der Waals surface area contributed by atoms with E-state index in [0.29, 0.717) is 8.58 Å². The third-order valence-corrected chi connectivity index (χ3v) is 4.67. The van der Waals surface area contributed by atoms with Crippen molar-refractivity contribution in [2.24, 2.45) is 4.99 Å². The van der Waals surface area contributed by atoms with E-state index in [-0.39, 0.29) is 6.79 Å². The Balaban J connectivity index is 2.37. The Morgan fingerprint density at radius 3 is 2.68 bits per heavy atom. The number of hydrogen-bond acceptors (Lipinski definition) is 3. The number of benzene rings is 2. The van der Waals surface area contributed by atoms with E-state index in [1.165, 1.54) is 21.7 Å². The maximum atomic E-state index is 5.76. The number of rotatable bonds is 6. The summed E-state index contributed by atoms with van der Waals surface area (Å²) in [7, 11) is 3.95. The van der Waals surface area contributed by atoms with Gasteiger partial charge in [-0.3, -0.25) is 4.99 Å². The van der Waals surface area contributed by atoms with Crippen LogP contribution < -0.4 is 15.3 Å². The third kappa shape index (κ3) is 4.16. The summed E-state index contributed by atoms with van der Waals surface area (Å²) in [6, 6.07) is 12.7. The fourth-order valence-corrected chi connectivity index (χ4v) is 3.55. The molecule has 0 N–H and O–H groups in total. The molecule has 0 bridgehead atoms. The Labute approximate surface area is 134 Å². The molecule has 0 aliphatic heterocycles. The Morgan fingerprint density at radius 1 is 1.14 bits per heavy atom. The van der Waals surface area contributed by atoms with Gasteiger partial charge < -0.3 is 9.47 Å². The zero-order valence-corrected chi connectivity index (χ0v) is 14.5. The zero-order valence-electron chi connectivity index (χ0n) is 13.5. The number of aryl methyl sites for hydroxylation is 2. The lowest BCUT2D eigenvalue weighted by atomic mass is 10.1. The normalized spacial score (nSPS) is 11.6. The molecular weight excluding hydrogens is 293 g/mol. The van der Waals surface area contributed by atoms with Gasteiger partial charge in [0.1, 0.15) is 5.75 Å². The monoisotopic (exact) mass is 315 g/mol. The number of nitrogens with zero attached hydrogens (tertiary/aromatic N) is 1. The molecule has 2 aromatic carbocycles. The Bertz CT molecular complexity index is 668. The molecular formula is C18H22NO2P. The first-order chi connectivity index (χ1) is 10.7. The van der Waals surface area contributed by atoms with Crippen molar-refractivity contribution < 1.29 is 9.47 Å². The molecule has 0 spiro atoms. The van der Waals surface area contributed by atoms with Gasteiger partial charge in [0.2, 0.25) is 0 Å². The molecule has 4 heteroatoms. The van der Waals surface area contributed by atoms with Crippen LogP contribution in [0.2, 0.25) is 0 Å². The maximum absolute atomic E-state index is 5.76. The van der Waals surface area contributed by atoms with Crippen LogP contribution in [-0.2, 0) is 4.74 Å². The molecule has 0 aliphatic carbocycles. The summed E-state index contributed by atoms with van der Waals surface area (Å²) < 4.78 is 10.8. The highest BCUT2D eigenvalue weighted by molar-refractivity contribution is 7.56. The van der Waals surface area contributed by atoms with Crippen molar-refractivity contribution in [1.29, 1.82) is 0 Å². The lowest BCUT2D eigenvalue weighted by Gasteiger charge is -2.15. The van der Waals surface area contributed by atoms with Gasteiger partial charge in [0.05, 0.1) is 0 Å². The van der Waals surface area contributed by atoms with Crippen LogP contribution >= 0.6 is 8.58 Å². The summed E-state index contributed by atoms with van der Waals surface area (Å²) in [5.74, 6) is 0.919. The number of para-hydroxylation sites is 1. The molecule has 2 aromatic rings. The first kappa shape index (κ1) is 16.7. The number of aliphatic imine (C=N–C) groups is 1. The molecule has 0 radical (unpaired) electrons.